The summed E-state index contributed by atoms with van der Waals surface area (Å²) >= 11 is 0. The molecule has 0 saturated heterocycles. The number of Topliss-reactive ketones (excluding diaryl/α,β-unsaturated/α-hetero) is 1. The highest BCUT2D eigenvalue weighted by Gasteiger charge is 2.38. The first kappa shape index (κ1) is 89.1. The lowest BCUT2D eigenvalue weighted by molar-refractivity contribution is -0.157. The minimum absolute atomic E-state index is 0.0381. The molecule has 35 heteroatoms. The van der Waals surface area contributed by atoms with Crippen molar-refractivity contribution in [2.45, 2.75) is 218 Å². The van der Waals surface area contributed by atoms with E-state index in [0.29, 0.717) is 97.6 Å². The van der Waals surface area contributed by atoms with Gasteiger partial charge in [0.25, 0.3) is 26.7 Å². The summed E-state index contributed by atoms with van der Waals surface area (Å²) < 4.78 is 85.2. The second-order valence-electron chi connectivity index (χ2n) is 34.3. The number of aryl methyl sites for hydroxylation is 2. The van der Waals surface area contributed by atoms with Crippen LogP contribution in [0.4, 0.5) is 22.7 Å². The summed E-state index contributed by atoms with van der Waals surface area (Å²) in [4.78, 5) is 68.8. The fourth-order valence-electron chi connectivity index (χ4n) is 13.4. The van der Waals surface area contributed by atoms with Gasteiger partial charge < -0.3 is 63.2 Å². The van der Waals surface area contributed by atoms with Gasteiger partial charge in [0.05, 0.1) is 74.0 Å². The Morgan fingerprint density at radius 2 is 1.12 bits per heavy atom. The van der Waals surface area contributed by atoms with Gasteiger partial charge in [0.2, 0.25) is 11.8 Å². The summed E-state index contributed by atoms with van der Waals surface area (Å²) in [6, 6.07) is 22.3. The zero-order chi connectivity index (χ0) is 85.0. The highest BCUT2D eigenvalue weighted by molar-refractivity contribution is 8.13. The molecule has 3 saturated carbocycles. The maximum absolute atomic E-state index is 12.9. The fourth-order valence-corrected chi connectivity index (χ4v) is 17.4. The van der Waals surface area contributed by atoms with Crippen LogP contribution in [0.2, 0.25) is 51.4 Å². The second-order valence-corrected chi connectivity index (χ2v) is 50.2. The standard InChI is InChI=1S/C27H42N4O5Si.C26H39N5O4Si.C22H20N6O3S.C7H4ClNO2S/c1-18(32)15-29-26(34)22-16-28-25-21(8-9-31(25)17-35-10-11-37(5,6)7)24(22)30-20-12-19(13-20)14-23(33)36-27(2,3)4;1-17-29-30-25(34-17)21-15-27-24-20(8-9-31(24)16-33-10-11-36(5,6)7)23(21)28-19-12-18(13-19)14-22(32)35-26(2,3)4;1-13-27-28-22(31-13)19-11-25-21-18(5-6-24-21)20(19)26-16-7-15(8-16)12-32(29,30)17-4-2-3-14(9-17)10-23;1-9-6-3-2-4-7(5-6)12(8,10)11/h8-9,16,19-20H,10-15,17H2,1-7H3,(H,28,30)(H,29,34);8-9,15,18-19H,10-14,16H2,1-7H3,(H,27,28);2-6,9,11,15-16H,7-8,12H2,1H3,(H2,24,25,26);2-5H. The number of halogens is 1. The minimum atomic E-state index is -3.71. The van der Waals surface area contributed by atoms with E-state index >= 15 is 0 Å². The van der Waals surface area contributed by atoms with Crippen LogP contribution >= 0.6 is 10.7 Å². The zero-order valence-electron chi connectivity index (χ0n) is 68.9. The van der Waals surface area contributed by atoms with Crippen molar-refractivity contribution in [2.24, 2.45) is 17.8 Å². The Bertz CT molecular complexity index is 5510. The number of esters is 2. The largest absolute Gasteiger partial charge is 0.460 e. The number of hydrogen-bond donors (Lipinski definition) is 5. The number of nitriles is 1. The molecule has 0 aliphatic heterocycles. The summed E-state index contributed by atoms with van der Waals surface area (Å²) in [6.45, 7) is 39.1. The molecule has 0 spiro atoms. The first-order valence-corrected chi connectivity index (χ1v) is 50.3. The fraction of sp³-hybridized carbons (Fsp3) is 0.476. The van der Waals surface area contributed by atoms with E-state index in [1.165, 1.54) is 37.3 Å². The predicted octanol–water partition coefficient (Wildman–Crippen LogP) is 15.8. The summed E-state index contributed by atoms with van der Waals surface area (Å²) in [5.74, 6) is 1.66. The van der Waals surface area contributed by atoms with Gasteiger partial charge in [-0.3, -0.25) is 19.2 Å². The van der Waals surface area contributed by atoms with Gasteiger partial charge in [0.15, 0.2) is 15.5 Å². The van der Waals surface area contributed by atoms with Gasteiger partial charge in [-0.15, -0.1) is 20.4 Å². The maximum atomic E-state index is 12.9. The number of H-pyrrole nitrogens is 1. The number of pyridine rings is 3. The molecule has 0 atom stereocenters. The van der Waals surface area contributed by atoms with E-state index in [-0.39, 0.29) is 81.4 Å². The lowest BCUT2D eigenvalue weighted by atomic mass is 9.78. The van der Waals surface area contributed by atoms with E-state index in [2.05, 4.69) is 107 Å². The molecule has 10 aromatic rings. The molecule has 3 fully saturated rings. The van der Waals surface area contributed by atoms with Gasteiger partial charge >= 0.3 is 11.9 Å². The molecule has 8 heterocycles. The van der Waals surface area contributed by atoms with Gasteiger partial charge in [0, 0.05) is 138 Å². The summed E-state index contributed by atoms with van der Waals surface area (Å²) in [7, 11) is -4.42. The average molecular weight is 1690 g/mol. The highest BCUT2D eigenvalue weighted by atomic mass is 35.7. The number of hydrogen-bond acceptors (Lipinski definition) is 25. The molecule has 8 aromatic heterocycles. The van der Waals surface area contributed by atoms with Crippen molar-refractivity contribution in [3.05, 3.63) is 138 Å². The number of aromatic nitrogens is 10. The number of anilines is 3. The van der Waals surface area contributed by atoms with Crippen LogP contribution in [0.1, 0.15) is 128 Å². The third-order valence-corrected chi connectivity index (χ3v) is 26.0. The topological polar surface area (TPSA) is 392 Å². The predicted molar refractivity (Wildman–Crippen MR) is 453 cm³/mol. The molecule has 117 heavy (non-hydrogen) atoms. The van der Waals surface area contributed by atoms with Crippen LogP contribution in [0, 0.1) is 49.5 Å². The number of nitrogens with zero attached hydrogens (tertiary/aromatic N) is 11. The van der Waals surface area contributed by atoms with Crippen molar-refractivity contribution < 1.29 is 63.8 Å². The first-order chi connectivity index (χ1) is 55.1. The van der Waals surface area contributed by atoms with Gasteiger partial charge in [-0.25, -0.2) is 36.6 Å². The molecule has 13 rings (SSSR count). The van der Waals surface area contributed by atoms with Gasteiger partial charge in [-0.1, -0.05) is 57.5 Å². The molecule has 3 aliphatic carbocycles. The van der Waals surface area contributed by atoms with Crippen LogP contribution < -0.4 is 21.3 Å². The Hall–Kier alpha value is -10.2. The Labute approximate surface area is 688 Å². The molecular formula is C82H105ClN16O14S2Si2. The normalized spacial score (nSPS) is 17.4. The van der Waals surface area contributed by atoms with E-state index in [0.717, 1.165) is 94.4 Å². The van der Waals surface area contributed by atoms with E-state index in [4.69, 9.17) is 55.3 Å². The van der Waals surface area contributed by atoms with Gasteiger partial charge in [-0.2, -0.15) is 5.26 Å². The lowest BCUT2D eigenvalue weighted by Crippen LogP contribution is -2.39. The zero-order valence-corrected chi connectivity index (χ0v) is 73.3. The molecule has 30 nitrogen and oxygen atoms in total. The lowest BCUT2D eigenvalue weighted by Gasteiger charge is -2.37. The third-order valence-electron chi connectivity index (χ3n) is 19.4. The Balaban J connectivity index is 0.000000173. The number of amides is 1. The van der Waals surface area contributed by atoms with Gasteiger partial charge in [0.1, 0.15) is 47.4 Å². The monoisotopic (exact) mass is 1690 g/mol. The average Bonchev–Trinajstić information content (AvgIpc) is 1.67. The molecular weight excluding hydrogens is 1590 g/mol. The minimum Gasteiger partial charge on any atom is -0.460 e. The summed E-state index contributed by atoms with van der Waals surface area (Å²) in [6.07, 6.45) is 16.4. The number of benzene rings is 2. The number of carbonyl (C=O) groups is 4. The van der Waals surface area contributed by atoms with Crippen LogP contribution in [0.25, 0.3) is 60.9 Å². The van der Waals surface area contributed by atoms with Crippen LogP contribution in [0.5, 0.6) is 0 Å². The molecule has 2 aromatic carbocycles. The number of aromatic amines is 1. The van der Waals surface area contributed by atoms with E-state index in [1.54, 1.807) is 50.6 Å². The molecule has 5 N–H and O–H groups in total. The second kappa shape index (κ2) is 38.0. The number of ketones is 1. The van der Waals surface area contributed by atoms with Crippen molar-refractivity contribution in [1.82, 2.24) is 54.8 Å². The molecule has 624 valence electrons. The third kappa shape index (κ3) is 25.6. The number of nitrogens with one attached hydrogen (secondary N) is 5. The number of sulfone groups is 1. The molecule has 0 unspecified atom stereocenters. The Morgan fingerprint density at radius 3 is 1.60 bits per heavy atom. The smallest absolute Gasteiger partial charge is 0.306 e. The molecule has 0 bridgehead atoms. The van der Waals surface area contributed by atoms with Crippen molar-refractivity contribution in [2.75, 3.05) is 41.5 Å². The van der Waals surface area contributed by atoms with Gasteiger partial charge in [-0.05, 0) is 165 Å². The van der Waals surface area contributed by atoms with Crippen molar-refractivity contribution >= 4 is 125 Å². The summed E-state index contributed by atoms with van der Waals surface area (Å²) in [5.41, 5.74) is 6.29. The summed E-state index contributed by atoms with van der Waals surface area (Å²) in [5, 5.41) is 41.4. The SMILES string of the molecule is CC(=O)CNC(=O)c1cnc2c(ccn2COCC[Si](C)(C)C)c1NC1CC(CC(=O)OC(C)(C)C)C1.Cc1nnc(-c2cnc3[nH]ccc3c2NC2CC(CS(=O)(=O)c3cccc(C#N)c3)C2)o1.Cc1nnc(-c2cnc3c(ccn3COCC[Si](C)(C)C)c2NC2CC(CC(=O)OC(C)(C)C)C2)o1.[C-]#[N+]c1cccc(S(=O)(=O)Cl)c1. The number of ether oxygens (including phenoxy) is 4. The van der Waals surface area contributed by atoms with Crippen LogP contribution in [0.3, 0.4) is 0 Å². The highest BCUT2D eigenvalue weighted by Crippen LogP contribution is 2.42. The van der Waals surface area contributed by atoms with E-state index < -0.39 is 46.2 Å². The van der Waals surface area contributed by atoms with Crippen molar-refractivity contribution in [3.63, 3.8) is 0 Å². The van der Waals surface area contributed by atoms with Crippen LogP contribution in [0.15, 0.2) is 123 Å². The van der Waals surface area contributed by atoms with E-state index in [1.807, 2.05) is 87.5 Å². The first-order valence-electron chi connectivity index (χ1n) is 38.9. The molecule has 3 aliphatic rings. The Morgan fingerprint density at radius 1 is 0.641 bits per heavy atom. The Kier molecular flexibility index (Phi) is 29.0. The van der Waals surface area contributed by atoms with Crippen LogP contribution in [-0.4, -0.2) is 161 Å². The van der Waals surface area contributed by atoms with Crippen LogP contribution in [-0.2, 0) is 65.7 Å². The number of rotatable bonds is 29. The molecule has 1 amide bonds. The van der Waals surface area contributed by atoms with E-state index in [9.17, 15) is 36.0 Å². The maximum Gasteiger partial charge on any atom is 0.306 e. The number of fused-ring (bicyclic) bond motifs is 3. The van der Waals surface area contributed by atoms with Crippen molar-refractivity contribution in [3.8, 4) is 29.0 Å². The molecule has 0 radical (unpaired) electrons. The quantitative estimate of drug-likeness (QED) is 0.00955. The van der Waals surface area contributed by atoms with Crippen molar-refractivity contribution in [1.29, 1.82) is 5.26 Å². The number of carbonyl (C=O) groups excluding carboxylic acids is 4.